The summed E-state index contributed by atoms with van der Waals surface area (Å²) in [5.41, 5.74) is 2.64. The summed E-state index contributed by atoms with van der Waals surface area (Å²) in [6, 6.07) is 5.59. The van der Waals surface area contributed by atoms with Crippen molar-refractivity contribution in [1.29, 1.82) is 0 Å². The van der Waals surface area contributed by atoms with Crippen molar-refractivity contribution in [2.45, 2.75) is 33.4 Å². The maximum atomic E-state index is 11.0. The van der Waals surface area contributed by atoms with E-state index in [1.165, 1.54) is 0 Å². The Labute approximate surface area is 113 Å². The fourth-order valence-electron chi connectivity index (χ4n) is 1.95. The Morgan fingerprint density at radius 3 is 3.00 bits per heavy atom. The number of benzene rings is 1. The molecule has 0 aliphatic heterocycles. The number of aryl methyl sites for hydroxylation is 2. The Kier molecular flexibility index (Phi) is 4.34. The summed E-state index contributed by atoms with van der Waals surface area (Å²) in [5.74, 6) is 0.616. The summed E-state index contributed by atoms with van der Waals surface area (Å²) < 4.78 is 7.79. The number of ether oxygens (including phenoxy) is 1. The largest absolute Gasteiger partial charge is 0.487 e. The molecule has 0 saturated carbocycles. The molecule has 19 heavy (non-hydrogen) atoms. The van der Waals surface area contributed by atoms with Crippen LogP contribution < -0.4 is 4.74 Å². The van der Waals surface area contributed by atoms with Gasteiger partial charge in [-0.3, -0.25) is 4.79 Å². The van der Waals surface area contributed by atoms with Crippen LogP contribution in [0.1, 0.15) is 35.0 Å². The molecule has 0 radical (unpaired) electrons. The molecule has 2 aromatic rings. The van der Waals surface area contributed by atoms with Crippen molar-refractivity contribution < 1.29 is 9.53 Å². The first kappa shape index (κ1) is 13.3. The van der Waals surface area contributed by atoms with E-state index < -0.39 is 0 Å². The van der Waals surface area contributed by atoms with E-state index in [0.717, 1.165) is 30.5 Å². The van der Waals surface area contributed by atoms with E-state index in [1.807, 2.05) is 25.1 Å². The molecular formula is C15H18N2O2. The molecule has 1 aromatic heterocycles. The second-order valence-corrected chi connectivity index (χ2v) is 4.53. The van der Waals surface area contributed by atoms with Gasteiger partial charge in [-0.2, -0.15) is 0 Å². The van der Waals surface area contributed by atoms with Crippen LogP contribution in [0.3, 0.4) is 0 Å². The number of imidazole rings is 1. The molecule has 0 bridgehead atoms. The first-order valence-electron chi connectivity index (χ1n) is 6.42. The normalized spacial score (nSPS) is 10.4. The quantitative estimate of drug-likeness (QED) is 0.748. The van der Waals surface area contributed by atoms with Crippen LogP contribution >= 0.6 is 0 Å². The number of aldehydes is 1. The summed E-state index contributed by atoms with van der Waals surface area (Å²) >= 11 is 0. The molecule has 0 spiro atoms. The highest BCUT2D eigenvalue weighted by atomic mass is 16.5. The predicted molar refractivity (Wildman–Crippen MR) is 73.4 cm³/mol. The van der Waals surface area contributed by atoms with E-state index in [4.69, 9.17) is 4.74 Å². The molecule has 0 atom stereocenters. The predicted octanol–water partition coefficient (Wildman–Crippen LogP) is 2.99. The van der Waals surface area contributed by atoms with Gasteiger partial charge in [-0.25, -0.2) is 4.98 Å². The highest BCUT2D eigenvalue weighted by Crippen LogP contribution is 2.19. The number of rotatable bonds is 6. The lowest BCUT2D eigenvalue weighted by Crippen LogP contribution is -2.06. The molecule has 0 amide bonds. The average Bonchev–Trinajstić information content (AvgIpc) is 2.85. The third-order valence-corrected chi connectivity index (χ3v) is 2.93. The SMILES string of the molecule is CCCn1cncc1COc1ccc(C)cc1C=O. The summed E-state index contributed by atoms with van der Waals surface area (Å²) in [6.07, 6.45) is 5.47. The Bertz CT molecular complexity index is 561. The van der Waals surface area contributed by atoms with Gasteiger partial charge in [0.2, 0.25) is 0 Å². The van der Waals surface area contributed by atoms with Gasteiger partial charge in [0.05, 0.1) is 23.8 Å². The van der Waals surface area contributed by atoms with E-state index in [1.54, 1.807) is 12.5 Å². The van der Waals surface area contributed by atoms with E-state index in [-0.39, 0.29) is 0 Å². The minimum atomic E-state index is 0.421. The first-order chi connectivity index (χ1) is 9.24. The Morgan fingerprint density at radius 2 is 2.26 bits per heavy atom. The van der Waals surface area contributed by atoms with Crippen LogP contribution in [0.25, 0.3) is 0 Å². The zero-order chi connectivity index (χ0) is 13.7. The molecular weight excluding hydrogens is 240 g/mol. The van der Waals surface area contributed by atoms with Gasteiger partial charge in [-0.05, 0) is 25.5 Å². The summed E-state index contributed by atoms with van der Waals surface area (Å²) in [5, 5.41) is 0. The lowest BCUT2D eigenvalue weighted by molar-refractivity contribution is 0.111. The maximum absolute atomic E-state index is 11.0. The van der Waals surface area contributed by atoms with E-state index >= 15 is 0 Å². The monoisotopic (exact) mass is 258 g/mol. The van der Waals surface area contributed by atoms with E-state index in [2.05, 4.69) is 16.5 Å². The van der Waals surface area contributed by atoms with E-state index in [9.17, 15) is 4.79 Å². The van der Waals surface area contributed by atoms with Gasteiger partial charge in [0.1, 0.15) is 12.4 Å². The van der Waals surface area contributed by atoms with Gasteiger partial charge in [-0.15, -0.1) is 0 Å². The van der Waals surface area contributed by atoms with Crippen LogP contribution in [0.4, 0.5) is 0 Å². The van der Waals surface area contributed by atoms with Crippen molar-refractivity contribution in [2.75, 3.05) is 0 Å². The number of hydrogen-bond donors (Lipinski definition) is 0. The van der Waals surface area contributed by atoms with E-state index in [0.29, 0.717) is 17.9 Å². The zero-order valence-electron chi connectivity index (χ0n) is 11.3. The molecule has 1 heterocycles. The second kappa shape index (κ2) is 6.18. The Hall–Kier alpha value is -2.10. The molecule has 4 nitrogen and oxygen atoms in total. The van der Waals surface area contributed by atoms with Crippen molar-refractivity contribution in [3.8, 4) is 5.75 Å². The number of carbonyl (C=O) groups is 1. The molecule has 4 heteroatoms. The summed E-state index contributed by atoms with van der Waals surface area (Å²) in [7, 11) is 0. The van der Waals surface area contributed by atoms with Crippen LogP contribution in [-0.2, 0) is 13.2 Å². The van der Waals surface area contributed by atoms with Gasteiger partial charge in [0, 0.05) is 6.54 Å². The second-order valence-electron chi connectivity index (χ2n) is 4.53. The van der Waals surface area contributed by atoms with Crippen molar-refractivity contribution in [1.82, 2.24) is 9.55 Å². The third-order valence-electron chi connectivity index (χ3n) is 2.93. The minimum absolute atomic E-state index is 0.421. The minimum Gasteiger partial charge on any atom is -0.487 e. The maximum Gasteiger partial charge on any atom is 0.153 e. The van der Waals surface area contributed by atoms with Crippen molar-refractivity contribution in [3.63, 3.8) is 0 Å². The van der Waals surface area contributed by atoms with Gasteiger partial charge < -0.3 is 9.30 Å². The number of hydrogen-bond acceptors (Lipinski definition) is 3. The topological polar surface area (TPSA) is 44.1 Å². The third kappa shape index (κ3) is 3.22. The molecule has 0 aliphatic carbocycles. The van der Waals surface area contributed by atoms with Crippen LogP contribution in [0, 0.1) is 6.92 Å². The molecule has 2 rings (SSSR count). The van der Waals surface area contributed by atoms with Crippen LogP contribution in [0.15, 0.2) is 30.7 Å². The van der Waals surface area contributed by atoms with Crippen molar-refractivity contribution in [3.05, 3.63) is 47.5 Å². The summed E-state index contributed by atoms with van der Waals surface area (Å²) in [4.78, 5) is 15.1. The van der Waals surface area contributed by atoms with Crippen LogP contribution in [0.2, 0.25) is 0 Å². The molecule has 0 fully saturated rings. The summed E-state index contributed by atoms with van der Waals surface area (Å²) in [6.45, 7) is 5.42. The lowest BCUT2D eigenvalue weighted by atomic mass is 10.1. The number of aromatic nitrogens is 2. The average molecular weight is 258 g/mol. The molecule has 1 aromatic carbocycles. The van der Waals surface area contributed by atoms with Crippen LogP contribution in [-0.4, -0.2) is 15.8 Å². The Balaban J connectivity index is 2.10. The zero-order valence-corrected chi connectivity index (χ0v) is 11.3. The Morgan fingerprint density at radius 1 is 1.42 bits per heavy atom. The standard InChI is InChI=1S/C15H18N2O2/c1-3-6-17-11-16-8-14(17)10-19-15-5-4-12(2)7-13(15)9-18/h4-5,7-9,11H,3,6,10H2,1-2H3. The van der Waals surface area contributed by atoms with Crippen molar-refractivity contribution in [2.24, 2.45) is 0 Å². The van der Waals surface area contributed by atoms with Gasteiger partial charge >= 0.3 is 0 Å². The van der Waals surface area contributed by atoms with Crippen LogP contribution in [0.5, 0.6) is 5.75 Å². The van der Waals surface area contributed by atoms with Gasteiger partial charge in [0.15, 0.2) is 6.29 Å². The highest BCUT2D eigenvalue weighted by molar-refractivity contribution is 5.79. The first-order valence-corrected chi connectivity index (χ1v) is 6.42. The van der Waals surface area contributed by atoms with Crippen molar-refractivity contribution >= 4 is 6.29 Å². The van der Waals surface area contributed by atoms with Gasteiger partial charge in [0.25, 0.3) is 0 Å². The fourth-order valence-corrected chi connectivity index (χ4v) is 1.95. The number of carbonyl (C=O) groups excluding carboxylic acids is 1. The van der Waals surface area contributed by atoms with Gasteiger partial charge in [-0.1, -0.05) is 18.6 Å². The molecule has 0 N–H and O–H groups in total. The molecule has 0 saturated heterocycles. The highest BCUT2D eigenvalue weighted by Gasteiger charge is 2.06. The molecule has 0 unspecified atom stereocenters. The fraction of sp³-hybridized carbons (Fsp3) is 0.333. The molecule has 0 aliphatic rings. The lowest BCUT2D eigenvalue weighted by Gasteiger charge is -2.10. The number of nitrogens with zero attached hydrogens (tertiary/aromatic N) is 2. The molecule has 100 valence electrons. The smallest absolute Gasteiger partial charge is 0.153 e.